The third-order valence-electron chi connectivity index (χ3n) is 13.0. The summed E-state index contributed by atoms with van der Waals surface area (Å²) in [5, 5.41) is 0. The zero-order chi connectivity index (χ0) is 55.0. The number of amides is 4. The largest absolute Gasteiger partial charge is 0.451 e. The molecule has 4 amide bonds. The molecule has 0 aliphatic carbocycles. The van der Waals surface area contributed by atoms with E-state index >= 15 is 0 Å². The summed E-state index contributed by atoms with van der Waals surface area (Å²) in [7, 11) is 5.54. The number of hydrogen-bond acceptors (Lipinski definition) is 12. The molecule has 16 nitrogen and oxygen atoms in total. The van der Waals surface area contributed by atoms with Gasteiger partial charge in [0.15, 0.2) is 24.4 Å². The highest BCUT2D eigenvalue weighted by Gasteiger charge is 2.43. The van der Waals surface area contributed by atoms with Crippen LogP contribution in [0.4, 0.5) is 0 Å². The Labute approximate surface area is 443 Å². The van der Waals surface area contributed by atoms with Crippen LogP contribution >= 0.6 is 23.2 Å². The zero-order valence-electron chi connectivity index (χ0n) is 45.4. The van der Waals surface area contributed by atoms with Gasteiger partial charge in [-0.05, 0) is 91.9 Å². The highest BCUT2D eigenvalue weighted by atomic mass is 35.5. The predicted molar refractivity (Wildman–Crippen MR) is 279 cm³/mol. The topological polar surface area (TPSA) is 186 Å². The second kappa shape index (κ2) is 29.0. The SMILES string of the molecule is CC(C)CC[C@H]1C(=O)O[C@H](C)C(=O)N(C)[C@@H](CC(C)C)C(=O)O[C@H](Cc2ccc(CCl)cc2)C(=O)N(C)[C@@H](CC(C)C)C(=O)O[C@H](C)C(=O)N(C)[C@@H](CC(C)C)C(=O)O[C@H](Cc2ccc(CCl)cc2)C(=O)N1C. The van der Waals surface area contributed by atoms with Crippen LogP contribution in [0.3, 0.4) is 0 Å². The average molecular weight is 1060 g/mol. The Morgan fingerprint density at radius 3 is 0.986 bits per heavy atom. The molecular weight excluding hydrogens is 980 g/mol. The molecule has 0 spiro atoms. The molecule has 2 aromatic rings. The summed E-state index contributed by atoms with van der Waals surface area (Å²) in [5.41, 5.74) is 2.84. The predicted octanol–water partition coefficient (Wildman–Crippen LogP) is 7.53. The molecule has 73 heavy (non-hydrogen) atoms. The lowest BCUT2D eigenvalue weighted by molar-refractivity contribution is -0.176. The van der Waals surface area contributed by atoms with Crippen molar-refractivity contribution in [2.24, 2.45) is 23.7 Å². The van der Waals surface area contributed by atoms with Crippen molar-refractivity contribution in [3.05, 3.63) is 70.8 Å². The monoisotopic (exact) mass is 1060 g/mol. The first kappa shape index (κ1) is 62.1. The number of carbonyl (C=O) groups is 8. The highest BCUT2D eigenvalue weighted by molar-refractivity contribution is 6.17. The van der Waals surface area contributed by atoms with E-state index in [0.717, 1.165) is 30.7 Å². The number of benzene rings is 2. The minimum atomic E-state index is -1.52. The van der Waals surface area contributed by atoms with Crippen molar-refractivity contribution in [2.75, 3.05) is 28.2 Å². The third kappa shape index (κ3) is 18.3. The van der Waals surface area contributed by atoms with Crippen LogP contribution in [0, 0.1) is 23.7 Å². The Bertz CT molecular complexity index is 2180. The Hall–Kier alpha value is -5.22. The Morgan fingerprint density at radius 2 is 0.685 bits per heavy atom. The molecule has 0 saturated carbocycles. The summed E-state index contributed by atoms with van der Waals surface area (Å²) < 4.78 is 23.9. The molecule has 1 fully saturated rings. The molecule has 1 heterocycles. The first-order valence-corrected chi connectivity index (χ1v) is 26.4. The van der Waals surface area contributed by atoms with Gasteiger partial charge >= 0.3 is 23.9 Å². The Balaban J connectivity index is 2.28. The minimum absolute atomic E-state index is 0.0781. The van der Waals surface area contributed by atoms with Crippen molar-refractivity contribution < 1.29 is 57.3 Å². The van der Waals surface area contributed by atoms with Crippen LogP contribution in [0.2, 0.25) is 0 Å². The van der Waals surface area contributed by atoms with Gasteiger partial charge in [-0.25, -0.2) is 19.2 Å². The lowest BCUT2D eigenvalue weighted by Crippen LogP contribution is -2.54. The lowest BCUT2D eigenvalue weighted by atomic mass is 9.99. The number of likely N-dealkylation sites (N-methyl/N-ethyl adjacent to an activating group) is 4. The summed E-state index contributed by atoms with van der Waals surface area (Å²) in [6, 6.07) is 9.02. The van der Waals surface area contributed by atoms with Gasteiger partial charge in [-0.1, -0.05) is 104 Å². The molecule has 1 saturated heterocycles. The van der Waals surface area contributed by atoms with E-state index in [4.69, 9.17) is 42.1 Å². The smallest absolute Gasteiger partial charge is 0.329 e. The number of rotatable bonds is 15. The van der Waals surface area contributed by atoms with Gasteiger partial charge in [0.1, 0.15) is 24.2 Å². The summed E-state index contributed by atoms with van der Waals surface area (Å²) >= 11 is 12.1. The molecule has 0 bridgehead atoms. The standard InChI is InChI=1S/C55H80Cl2N4O12/c1-32(2)15-24-42-52(66)70-36(9)48(62)59(12)45(27-35(7)8)55(69)73-47(29-39-18-22-41(31-57)23-19-39)51(65)61(14)43(25-33(3)4)53(67)71-37(10)49(63)60(13)44(26-34(5)6)54(68)72-46(50(64)58(42)11)28-38-16-20-40(30-56)21-17-38/h16-23,32-37,42-47H,15,24-31H2,1-14H3/t36-,37-,42+,43+,44+,45+,46-,47-/m1/s1. The first-order valence-electron chi connectivity index (χ1n) is 25.4. The van der Waals surface area contributed by atoms with Crippen molar-refractivity contribution >= 4 is 70.7 Å². The molecule has 0 radical (unpaired) electrons. The molecule has 0 unspecified atom stereocenters. The van der Waals surface area contributed by atoms with Crippen LogP contribution in [-0.2, 0) is 81.9 Å². The van der Waals surface area contributed by atoms with Gasteiger partial charge < -0.3 is 38.5 Å². The van der Waals surface area contributed by atoms with Gasteiger partial charge in [0.05, 0.1) is 0 Å². The van der Waals surface area contributed by atoms with Crippen LogP contribution < -0.4 is 0 Å². The van der Waals surface area contributed by atoms with Crippen molar-refractivity contribution in [1.29, 1.82) is 0 Å². The van der Waals surface area contributed by atoms with Gasteiger partial charge in [0.25, 0.3) is 23.6 Å². The third-order valence-corrected chi connectivity index (χ3v) is 13.6. The molecule has 1 aliphatic rings. The van der Waals surface area contributed by atoms with E-state index in [2.05, 4.69) is 0 Å². The van der Waals surface area contributed by atoms with Crippen molar-refractivity contribution in [3.63, 3.8) is 0 Å². The Kier molecular flexibility index (Phi) is 24.7. The number of cyclic esters (lactones) is 4. The van der Waals surface area contributed by atoms with E-state index in [1.54, 1.807) is 48.5 Å². The maximum atomic E-state index is 14.8. The van der Waals surface area contributed by atoms with E-state index in [1.165, 1.54) is 42.0 Å². The number of carbonyl (C=O) groups excluding carboxylic acids is 8. The second-order valence-corrected chi connectivity index (χ2v) is 21.6. The van der Waals surface area contributed by atoms with Crippen LogP contribution in [0.15, 0.2) is 48.5 Å². The van der Waals surface area contributed by atoms with E-state index in [0.29, 0.717) is 17.5 Å². The molecule has 0 aromatic heterocycles. The van der Waals surface area contributed by atoms with Crippen LogP contribution in [-0.4, -0.2) is 144 Å². The summed E-state index contributed by atoms with van der Waals surface area (Å²) in [5.74, 6) is -6.63. The molecule has 2 aromatic carbocycles. The quantitative estimate of drug-likeness (QED) is 0.0971. The fourth-order valence-electron chi connectivity index (χ4n) is 8.54. The van der Waals surface area contributed by atoms with Crippen molar-refractivity contribution in [1.82, 2.24) is 19.6 Å². The number of ether oxygens (including phenoxy) is 4. The van der Waals surface area contributed by atoms with Gasteiger partial charge in [-0.3, -0.25) is 19.2 Å². The average Bonchev–Trinajstić information content (AvgIpc) is 3.34. The molecule has 18 heteroatoms. The minimum Gasteiger partial charge on any atom is -0.451 e. The maximum absolute atomic E-state index is 14.8. The van der Waals surface area contributed by atoms with E-state index in [1.807, 2.05) is 55.4 Å². The molecule has 0 N–H and O–H groups in total. The normalized spacial score (nSPS) is 24.3. The number of halogens is 2. The zero-order valence-corrected chi connectivity index (χ0v) is 46.9. The number of nitrogens with zero attached hydrogens (tertiary/aromatic N) is 4. The van der Waals surface area contributed by atoms with E-state index in [9.17, 15) is 38.4 Å². The fraction of sp³-hybridized carbons (Fsp3) is 0.636. The molecular formula is C55H80Cl2N4O12. The van der Waals surface area contributed by atoms with Gasteiger partial charge in [-0.15, -0.1) is 23.2 Å². The molecule has 406 valence electrons. The van der Waals surface area contributed by atoms with Crippen LogP contribution in [0.1, 0.15) is 124 Å². The summed E-state index contributed by atoms with van der Waals surface area (Å²) in [4.78, 5) is 121. The highest BCUT2D eigenvalue weighted by Crippen LogP contribution is 2.25. The van der Waals surface area contributed by atoms with Gasteiger partial charge in [0, 0.05) is 52.8 Å². The Morgan fingerprint density at radius 1 is 0.411 bits per heavy atom. The van der Waals surface area contributed by atoms with Crippen molar-refractivity contribution in [2.45, 2.75) is 175 Å². The van der Waals surface area contributed by atoms with Crippen molar-refractivity contribution in [3.8, 4) is 0 Å². The number of esters is 4. The van der Waals surface area contributed by atoms with Crippen LogP contribution in [0.5, 0.6) is 0 Å². The van der Waals surface area contributed by atoms with E-state index in [-0.39, 0.29) is 74.0 Å². The molecule has 1 aliphatic heterocycles. The van der Waals surface area contributed by atoms with Gasteiger partial charge in [-0.2, -0.15) is 0 Å². The molecule has 3 rings (SSSR count). The number of hydrogen-bond donors (Lipinski definition) is 0. The summed E-state index contributed by atoms with van der Waals surface area (Å²) in [6.45, 7) is 17.7. The van der Waals surface area contributed by atoms with Gasteiger partial charge in [0.2, 0.25) is 0 Å². The first-order chi connectivity index (χ1) is 34.2. The van der Waals surface area contributed by atoms with E-state index < -0.39 is 96.1 Å². The number of alkyl halides is 2. The fourth-order valence-corrected chi connectivity index (χ4v) is 8.90. The second-order valence-electron chi connectivity index (χ2n) is 21.0. The van der Waals surface area contributed by atoms with Crippen LogP contribution in [0.25, 0.3) is 0 Å². The lowest BCUT2D eigenvalue weighted by Gasteiger charge is -2.35. The molecule has 8 atom stereocenters. The summed E-state index contributed by atoms with van der Waals surface area (Å²) in [6.07, 6.45) is -5.38. The maximum Gasteiger partial charge on any atom is 0.329 e.